The number of hydrogen-bond acceptors (Lipinski definition) is 3. The molecule has 0 fully saturated rings. The van der Waals surface area contributed by atoms with Crippen LogP contribution in [0.3, 0.4) is 0 Å². The third-order valence-corrected chi connectivity index (χ3v) is 2.30. The molecular weight excluding hydrogens is 157 g/mol. The lowest BCUT2D eigenvalue weighted by Gasteiger charge is -2.04. The molecule has 4 heteroatoms. The molecule has 0 amide bonds. The molecule has 0 spiro atoms. The summed E-state index contributed by atoms with van der Waals surface area (Å²) >= 11 is 0. The zero-order valence-electron chi connectivity index (χ0n) is 6.79. The second kappa shape index (κ2) is 2.40. The van der Waals surface area contributed by atoms with E-state index in [4.69, 9.17) is 5.73 Å². The minimum atomic E-state index is -0.958. The number of alkyl halides is 1. The molecular formula is C8H10FN3. The van der Waals surface area contributed by atoms with Crippen LogP contribution in [-0.4, -0.2) is 9.97 Å². The topological polar surface area (TPSA) is 51.8 Å². The average Bonchev–Trinajstić information content (AvgIpc) is 2.29. The van der Waals surface area contributed by atoms with Crippen molar-refractivity contribution in [1.29, 1.82) is 0 Å². The van der Waals surface area contributed by atoms with Gasteiger partial charge < -0.3 is 5.73 Å². The first kappa shape index (κ1) is 7.46. The molecule has 0 bridgehead atoms. The molecule has 2 rings (SSSR count). The molecule has 0 saturated carbocycles. The third kappa shape index (κ3) is 0.873. The Bertz CT molecular complexity index is 313. The highest BCUT2D eigenvalue weighted by Gasteiger charge is 2.31. The van der Waals surface area contributed by atoms with E-state index in [2.05, 4.69) is 9.97 Å². The molecule has 1 aromatic heterocycles. The van der Waals surface area contributed by atoms with Crippen LogP contribution in [0.1, 0.15) is 36.7 Å². The fourth-order valence-corrected chi connectivity index (χ4v) is 1.72. The fourth-order valence-electron chi connectivity index (χ4n) is 1.72. The van der Waals surface area contributed by atoms with Gasteiger partial charge in [-0.05, 0) is 12.3 Å². The Morgan fingerprint density at radius 1 is 1.58 bits per heavy atom. The number of anilines is 1. The molecule has 3 nitrogen and oxygen atoms in total. The molecule has 0 aliphatic heterocycles. The molecule has 1 aromatic rings. The second-order valence-corrected chi connectivity index (χ2v) is 3.16. The minimum absolute atomic E-state index is 0.149. The van der Waals surface area contributed by atoms with Gasteiger partial charge in [0.25, 0.3) is 0 Å². The Balaban J connectivity index is 2.59. The van der Waals surface area contributed by atoms with Crippen molar-refractivity contribution < 1.29 is 4.39 Å². The summed E-state index contributed by atoms with van der Waals surface area (Å²) in [6.07, 6.45) is 0.845. The smallest absolute Gasteiger partial charge is 0.143 e. The van der Waals surface area contributed by atoms with E-state index in [1.54, 1.807) is 0 Å². The van der Waals surface area contributed by atoms with E-state index in [1.165, 1.54) is 6.33 Å². The normalized spacial score (nSPS) is 27.2. The van der Waals surface area contributed by atoms with Crippen molar-refractivity contribution in [2.24, 2.45) is 0 Å². The quantitative estimate of drug-likeness (QED) is 0.638. The molecule has 2 atom stereocenters. The predicted octanol–water partition coefficient (Wildman–Crippen LogP) is 1.58. The number of aromatic nitrogens is 2. The number of nitrogen functional groups attached to an aromatic ring is 1. The lowest BCUT2D eigenvalue weighted by Crippen LogP contribution is -2.00. The van der Waals surface area contributed by atoms with Crippen molar-refractivity contribution in [3.05, 3.63) is 17.6 Å². The van der Waals surface area contributed by atoms with E-state index in [-0.39, 0.29) is 5.92 Å². The lowest BCUT2D eigenvalue weighted by atomic mass is 10.1. The van der Waals surface area contributed by atoms with Crippen LogP contribution in [0, 0.1) is 0 Å². The Morgan fingerprint density at radius 3 is 3.00 bits per heavy atom. The summed E-state index contributed by atoms with van der Waals surface area (Å²) in [4.78, 5) is 7.72. The first-order valence-electron chi connectivity index (χ1n) is 3.94. The van der Waals surface area contributed by atoms with Crippen molar-refractivity contribution in [2.45, 2.75) is 25.4 Å². The van der Waals surface area contributed by atoms with Gasteiger partial charge in [0.2, 0.25) is 0 Å². The molecule has 0 unspecified atom stereocenters. The largest absolute Gasteiger partial charge is 0.383 e. The van der Waals surface area contributed by atoms with Crippen molar-refractivity contribution in [3.8, 4) is 0 Å². The maximum Gasteiger partial charge on any atom is 0.143 e. The van der Waals surface area contributed by atoms with Crippen molar-refractivity contribution >= 4 is 5.82 Å². The van der Waals surface area contributed by atoms with Crippen LogP contribution < -0.4 is 5.73 Å². The van der Waals surface area contributed by atoms with Crippen molar-refractivity contribution in [2.75, 3.05) is 5.73 Å². The lowest BCUT2D eigenvalue weighted by molar-refractivity contribution is 0.326. The monoisotopic (exact) mass is 167 g/mol. The van der Waals surface area contributed by atoms with E-state index < -0.39 is 6.17 Å². The van der Waals surface area contributed by atoms with Gasteiger partial charge in [-0.15, -0.1) is 0 Å². The number of nitrogens with two attached hydrogens (primary N) is 1. The molecule has 1 aliphatic rings. The van der Waals surface area contributed by atoms with Gasteiger partial charge in [0.05, 0.1) is 5.69 Å². The zero-order chi connectivity index (χ0) is 8.72. The summed E-state index contributed by atoms with van der Waals surface area (Å²) in [5.74, 6) is 0.573. The fraction of sp³-hybridized carbons (Fsp3) is 0.500. The summed E-state index contributed by atoms with van der Waals surface area (Å²) in [5, 5.41) is 0. The van der Waals surface area contributed by atoms with Gasteiger partial charge in [-0.1, -0.05) is 6.92 Å². The van der Waals surface area contributed by atoms with E-state index in [1.807, 2.05) is 6.92 Å². The average molecular weight is 167 g/mol. The molecule has 1 aliphatic carbocycles. The molecule has 1 heterocycles. The maximum absolute atomic E-state index is 13.2. The SMILES string of the molecule is C[C@@H]1C[C@H](F)c2ncnc(N)c21. The molecule has 0 saturated heterocycles. The number of halogens is 1. The Hall–Kier alpha value is -1.19. The summed E-state index contributed by atoms with van der Waals surface area (Å²) in [6, 6.07) is 0. The molecule has 0 aromatic carbocycles. The van der Waals surface area contributed by atoms with E-state index in [9.17, 15) is 4.39 Å². The molecule has 0 radical (unpaired) electrons. The maximum atomic E-state index is 13.2. The van der Waals surface area contributed by atoms with Gasteiger partial charge in [-0.2, -0.15) is 0 Å². The van der Waals surface area contributed by atoms with Gasteiger partial charge in [0, 0.05) is 5.56 Å². The first-order valence-corrected chi connectivity index (χ1v) is 3.94. The van der Waals surface area contributed by atoms with E-state index in [0.29, 0.717) is 17.9 Å². The summed E-state index contributed by atoms with van der Waals surface area (Å²) < 4.78 is 13.2. The number of fused-ring (bicyclic) bond motifs is 1. The van der Waals surface area contributed by atoms with Crippen LogP contribution in [0.15, 0.2) is 6.33 Å². The highest BCUT2D eigenvalue weighted by atomic mass is 19.1. The standard InChI is InChI=1S/C8H10FN3/c1-4-2-5(9)7-6(4)8(10)12-3-11-7/h3-5H,2H2,1H3,(H2,10,11,12)/t4-,5+/m1/s1. The van der Waals surface area contributed by atoms with Crippen LogP contribution in [-0.2, 0) is 0 Å². The molecule has 64 valence electrons. The van der Waals surface area contributed by atoms with Crippen LogP contribution in [0.2, 0.25) is 0 Å². The van der Waals surface area contributed by atoms with Gasteiger partial charge in [0.1, 0.15) is 18.3 Å². The third-order valence-electron chi connectivity index (χ3n) is 2.30. The van der Waals surface area contributed by atoms with Crippen LogP contribution >= 0.6 is 0 Å². The molecule has 2 N–H and O–H groups in total. The zero-order valence-corrected chi connectivity index (χ0v) is 6.79. The number of nitrogens with zero attached hydrogens (tertiary/aromatic N) is 2. The minimum Gasteiger partial charge on any atom is -0.383 e. The summed E-state index contributed by atoms with van der Waals surface area (Å²) in [6.45, 7) is 1.94. The van der Waals surface area contributed by atoms with Crippen molar-refractivity contribution in [3.63, 3.8) is 0 Å². The highest BCUT2D eigenvalue weighted by Crippen LogP contribution is 2.42. The Labute approximate surface area is 69.8 Å². The summed E-state index contributed by atoms with van der Waals surface area (Å²) in [7, 11) is 0. The van der Waals surface area contributed by atoms with Crippen molar-refractivity contribution in [1.82, 2.24) is 9.97 Å². The van der Waals surface area contributed by atoms with Gasteiger partial charge in [-0.25, -0.2) is 14.4 Å². The van der Waals surface area contributed by atoms with Gasteiger partial charge in [-0.3, -0.25) is 0 Å². The molecule has 12 heavy (non-hydrogen) atoms. The Morgan fingerprint density at radius 2 is 2.33 bits per heavy atom. The van der Waals surface area contributed by atoms with Gasteiger partial charge >= 0.3 is 0 Å². The van der Waals surface area contributed by atoms with E-state index in [0.717, 1.165) is 5.56 Å². The second-order valence-electron chi connectivity index (χ2n) is 3.16. The van der Waals surface area contributed by atoms with E-state index >= 15 is 0 Å². The van der Waals surface area contributed by atoms with Crippen LogP contribution in [0.5, 0.6) is 0 Å². The number of rotatable bonds is 0. The first-order chi connectivity index (χ1) is 5.70. The van der Waals surface area contributed by atoms with Crippen LogP contribution in [0.4, 0.5) is 10.2 Å². The van der Waals surface area contributed by atoms with Crippen LogP contribution in [0.25, 0.3) is 0 Å². The predicted molar refractivity (Wildman–Crippen MR) is 43.3 cm³/mol. The van der Waals surface area contributed by atoms with Gasteiger partial charge in [0.15, 0.2) is 0 Å². The summed E-state index contributed by atoms with van der Waals surface area (Å²) in [5.41, 5.74) is 6.88. The Kier molecular flexibility index (Phi) is 1.49. The highest BCUT2D eigenvalue weighted by molar-refractivity contribution is 5.47. The number of hydrogen-bond donors (Lipinski definition) is 1.